The third-order valence-electron chi connectivity index (χ3n) is 4.73. The molecule has 1 fully saturated rings. The average molecular weight is 245 g/mol. The third-order valence-corrected chi connectivity index (χ3v) is 4.73. The van der Waals surface area contributed by atoms with Crippen molar-refractivity contribution in [1.82, 2.24) is 4.90 Å². The molecule has 0 amide bonds. The van der Waals surface area contributed by atoms with Gasteiger partial charge in [0.25, 0.3) is 0 Å². The Hall–Kier alpha value is -0.860. The second-order valence-corrected chi connectivity index (χ2v) is 6.30. The van der Waals surface area contributed by atoms with Crippen LogP contribution in [0.15, 0.2) is 24.3 Å². The van der Waals surface area contributed by atoms with Crippen molar-refractivity contribution in [1.29, 1.82) is 0 Å². The minimum Gasteiger partial charge on any atom is -0.396 e. The molecule has 0 aromatic heterocycles. The van der Waals surface area contributed by atoms with Crippen LogP contribution in [0, 0.1) is 5.41 Å². The van der Waals surface area contributed by atoms with E-state index in [9.17, 15) is 5.11 Å². The monoisotopic (exact) mass is 245 g/mol. The zero-order chi connectivity index (χ0) is 12.6. The van der Waals surface area contributed by atoms with Gasteiger partial charge in [-0.05, 0) is 43.4 Å². The molecule has 2 heteroatoms. The van der Waals surface area contributed by atoms with Crippen LogP contribution < -0.4 is 0 Å². The number of hydrogen-bond acceptors (Lipinski definition) is 2. The molecular weight excluding hydrogens is 222 g/mol. The summed E-state index contributed by atoms with van der Waals surface area (Å²) in [6.07, 6.45) is 4.85. The quantitative estimate of drug-likeness (QED) is 0.866. The van der Waals surface area contributed by atoms with E-state index in [-0.39, 0.29) is 5.41 Å². The first-order valence-corrected chi connectivity index (χ1v) is 7.15. The first-order valence-electron chi connectivity index (χ1n) is 7.15. The summed E-state index contributed by atoms with van der Waals surface area (Å²) in [5.41, 5.74) is 3.16. The molecule has 3 rings (SSSR count). The Labute approximate surface area is 110 Å². The number of piperidine rings is 1. The van der Waals surface area contributed by atoms with Gasteiger partial charge in [-0.3, -0.25) is 4.90 Å². The van der Waals surface area contributed by atoms with Crippen LogP contribution in [0.25, 0.3) is 0 Å². The molecular formula is C16H23NO. The first kappa shape index (κ1) is 12.2. The smallest absolute Gasteiger partial charge is 0.0497 e. The SMILES string of the molecule is C[C@@]1(CO)CCCN([C@@H]2CCc3ccccc32)C1. The van der Waals surface area contributed by atoms with E-state index in [1.807, 2.05) is 0 Å². The number of aliphatic hydroxyl groups excluding tert-OH is 1. The standard InChI is InChI=1S/C16H23NO/c1-16(12-18)9-4-10-17(11-16)15-8-7-13-5-2-3-6-14(13)15/h2-3,5-6,15,18H,4,7-12H2,1H3/t15-,16-/m1/s1. The lowest BCUT2D eigenvalue weighted by molar-refractivity contribution is 0.0245. The minimum atomic E-state index is 0.107. The topological polar surface area (TPSA) is 23.5 Å². The fraction of sp³-hybridized carbons (Fsp3) is 0.625. The highest BCUT2D eigenvalue weighted by atomic mass is 16.3. The molecule has 0 spiro atoms. The number of aliphatic hydroxyl groups is 1. The van der Waals surface area contributed by atoms with Gasteiger partial charge in [-0.15, -0.1) is 0 Å². The van der Waals surface area contributed by atoms with E-state index in [1.54, 1.807) is 0 Å². The van der Waals surface area contributed by atoms with Gasteiger partial charge in [0.1, 0.15) is 0 Å². The number of benzene rings is 1. The molecule has 2 aliphatic rings. The van der Waals surface area contributed by atoms with Gasteiger partial charge < -0.3 is 5.11 Å². The average Bonchev–Trinajstić information content (AvgIpc) is 2.83. The van der Waals surface area contributed by atoms with E-state index < -0.39 is 0 Å². The van der Waals surface area contributed by atoms with Gasteiger partial charge in [0.05, 0.1) is 0 Å². The Morgan fingerprint density at radius 1 is 1.39 bits per heavy atom. The lowest BCUT2D eigenvalue weighted by Crippen LogP contribution is -2.44. The lowest BCUT2D eigenvalue weighted by Gasteiger charge is -2.42. The zero-order valence-corrected chi connectivity index (χ0v) is 11.2. The van der Waals surface area contributed by atoms with Crippen LogP contribution in [-0.2, 0) is 6.42 Å². The molecule has 0 radical (unpaired) electrons. The highest BCUT2D eigenvalue weighted by Crippen LogP contribution is 2.40. The van der Waals surface area contributed by atoms with E-state index in [2.05, 4.69) is 36.1 Å². The van der Waals surface area contributed by atoms with Gasteiger partial charge in [0.15, 0.2) is 0 Å². The Kier molecular flexibility index (Phi) is 3.16. The Morgan fingerprint density at radius 3 is 3.06 bits per heavy atom. The zero-order valence-electron chi connectivity index (χ0n) is 11.2. The van der Waals surface area contributed by atoms with Gasteiger partial charge in [-0.2, -0.15) is 0 Å². The van der Waals surface area contributed by atoms with Gasteiger partial charge in [0, 0.05) is 24.6 Å². The molecule has 1 aliphatic heterocycles. The second-order valence-electron chi connectivity index (χ2n) is 6.30. The Balaban J connectivity index is 1.80. The molecule has 0 bridgehead atoms. The molecule has 1 N–H and O–H groups in total. The number of rotatable bonds is 2. The highest BCUT2D eigenvalue weighted by molar-refractivity contribution is 5.34. The predicted molar refractivity (Wildman–Crippen MR) is 73.5 cm³/mol. The molecule has 0 saturated carbocycles. The number of nitrogens with zero attached hydrogens (tertiary/aromatic N) is 1. The highest BCUT2D eigenvalue weighted by Gasteiger charge is 2.36. The van der Waals surface area contributed by atoms with E-state index >= 15 is 0 Å². The fourth-order valence-corrected chi connectivity index (χ4v) is 3.67. The lowest BCUT2D eigenvalue weighted by atomic mass is 9.82. The summed E-state index contributed by atoms with van der Waals surface area (Å²) in [4.78, 5) is 2.60. The molecule has 98 valence electrons. The number of aryl methyl sites for hydroxylation is 1. The van der Waals surface area contributed by atoms with E-state index in [4.69, 9.17) is 0 Å². The molecule has 0 unspecified atom stereocenters. The minimum absolute atomic E-state index is 0.107. The van der Waals surface area contributed by atoms with Gasteiger partial charge >= 0.3 is 0 Å². The molecule has 1 saturated heterocycles. The number of likely N-dealkylation sites (tertiary alicyclic amines) is 1. The van der Waals surface area contributed by atoms with Crippen LogP contribution in [-0.4, -0.2) is 29.7 Å². The number of hydrogen-bond donors (Lipinski definition) is 1. The summed E-state index contributed by atoms with van der Waals surface area (Å²) >= 11 is 0. The maximum absolute atomic E-state index is 9.58. The summed E-state index contributed by atoms with van der Waals surface area (Å²) in [5, 5.41) is 9.58. The maximum atomic E-state index is 9.58. The first-order chi connectivity index (χ1) is 8.72. The van der Waals surface area contributed by atoms with Crippen LogP contribution in [0.5, 0.6) is 0 Å². The normalized spacial score (nSPS) is 32.4. The summed E-state index contributed by atoms with van der Waals surface area (Å²) in [6.45, 7) is 4.77. The van der Waals surface area contributed by atoms with Crippen molar-refractivity contribution in [2.75, 3.05) is 19.7 Å². The van der Waals surface area contributed by atoms with Crippen LogP contribution in [0.4, 0.5) is 0 Å². The summed E-state index contributed by atoms with van der Waals surface area (Å²) in [7, 11) is 0. The van der Waals surface area contributed by atoms with Gasteiger partial charge in [-0.25, -0.2) is 0 Å². The van der Waals surface area contributed by atoms with Crippen LogP contribution in [0.1, 0.15) is 43.4 Å². The van der Waals surface area contributed by atoms with Gasteiger partial charge in [-0.1, -0.05) is 31.2 Å². The largest absolute Gasteiger partial charge is 0.396 e. The van der Waals surface area contributed by atoms with E-state index in [0.717, 1.165) is 13.0 Å². The van der Waals surface area contributed by atoms with Gasteiger partial charge in [0.2, 0.25) is 0 Å². The van der Waals surface area contributed by atoms with Crippen molar-refractivity contribution >= 4 is 0 Å². The number of fused-ring (bicyclic) bond motifs is 1. The summed E-state index contributed by atoms with van der Waals surface area (Å²) in [6, 6.07) is 9.46. The van der Waals surface area contributed by atoms with Crippen LogP contribution in [0.3, 0.4) is 0 Å². The summed E-state index contributed by atoms with van der Waals surface area (Å²) < 4.78 is 0. The van der Waals surface area contributed by atoms with Crippen molar-refractivity contribution in [2.45, 2.75) is 38.6 Å². The fourth-order valence-electron chi connectivity index (χ4n) is 3.67. The van der Waals surface area contributed by atoms with Crippen molar-refractivity contribution in [3.63, 3.8) is 0 Å². The van der Waals surface area contributed by atoms with Crippen molar-refractivity contribution in [3.8, 4) is 0 Å². The van der Waals surface area contributed by atoms with Crippen molar-refractivity contribution in [2.24, 2.45) is 5.41 Å². The van der Waals surface area contributed by atoms with Crippen molar-refractivity contribution < 1.29 is 5.11 Å². The molecule has 1 heterocycles. The Morgan fingerprint density at radius 2 is 2.22 bits per heavy atom. The molecule has 2 atom stereocenters. The maximum Gasteiger partial charge on any atom is 0.0497 e. The summed E-state index contributed by atoms with van der Waals surface area (Å²) in [5.74, 6) is 0. The van der Waals surface area contributed by atoms with E-state index in [0.29, 0.717) is 12.6 Å². The third kappa shape index (κ3) is 2.08. The molecule has 1 aromatic carbocycles. The van der Waals surface area contributed by atoms with Crippen LogP contribution >= 0.6 is 0 Å². The molecule has 2 nitrogen and oxygen atoms in total. The predicted octanol–water partition coefficient (Wildman–Crippen LogP) is 2.77. The van der Waals surface area contributed by atoms with E-state index in [1.165, 1.54) is 36.9 Å². The van der Waals surface area contributed by atoms with Crippen LogP contribution in [0.2, 0.25) is 0 Å². The molecule has 18 heavy (non-hydrogen) atoms. The molecule has 1 aliphatic carbocycles. The Bertz CT molecular complexity index is 431. The van der Waals surface area contributed by atoms with Crippen molar-refractivity contribution in [3.05, 3.63) is 35.4 Å². The second kappa shape index (κ2) is 4.67. The molecule has 1 aromatic rings.